The quantitative estimate of drug-likeness (QED) is 0.797. The Bertz CT molecular complexity index is 508. The molecule has 0 spiro atoms. The summed E-state index contributed by atoms with van der Waals surface area (Å²) in [6.45, 7) is 5.52. The highest BCUT2D eigenvalue weighted by atomic mass is 127. The smallest absolute Gasteiger partial charge is 0.130 e. The van der Waals surface area contributed by atoms with E-state index in [1.807, 2.05) is 35.9 Å². The largest absolute Gasteiger partial charge is 0.487 e. The maximum absolute atomic E-state index is 5.76. The molecule has 3 nitrogen and oxygen atoms in total. The highest BCUT2D eigenvalue weighted by Crippen LogP contribution is 2.16. The summed E-state index contributed by atoms with van der Waals surface area (Å²) in [4.78, 5) is 0. The van der Waals surface area contributed by atoms with Crippen LogP contribution in [0, 0.1) is 10.5 Å². The van der Waals surface area contributed by atoms with Crippen molar-refractivity contribution in [1.29, 1.82) is 0 Å². The van der Waals surface area contributed by atoms with E-state index in [0.29, 0.717) is 6.61 Å². The maximum atomic E-state index is 5.76. The molecule has 0 aliphatic rings. The van der Waals surface area contributed by atoms with Crippen molar-refractivity contribution in [3.8, 4) is 5.75 Å². The van der Waals surface area contributed by atoms with E-state index in [2.05, 4.69) is 40.7 Å². The second-order valence-corrected chi connectivity index (χ2v) is 5.08. The van der Waals surface area contributed by atoms with Crippen LogP contribution in [0.2, 0.25) is 0 Å². The molecule has 0 saturated carbocycles. The van der Waals surface area contributed by atoms with Crippen LogP contribution in [0.5, 0.6) is 5.75 Å². The lowest BCUT2D eigenvalue weighted by molar-refractivity contribution is 0.292. The highest BCUT2D eigenvalue weighted by Gasteiger charge is 2.04. The summed E-state index contributed by atoms with van der Waals surface area (Å²) < 4.78 is 8.92. The van der Waals surface area contributed by atoms with Crippen LogP contribution in [0.3, 0.4) is 0 Å². The molecule has 17 heavy (non-hydrogen) atoms. The summed E-state index contributed by atoms with van der Waals surface area (Å²) in [5, 5.41) is 4.39. The van der Waals surface area contributed by atoms with Crippen molar-refractivity contribution in [1.82, 2.24) is 9.78 Å². The number of halogens is 1. The minimum Gasteiger partial charge on any atom is -0.487 e. The molecule has 0 aliphatic heterocycles. The second kappa shape index (κ2) is 5.53. The average molecular weight is 342 g/mol. The monoisotopic (exact) mass is 342 g/mol. The third-order valence-corrected chi connectivity index (χ3v) is 3.14. The van der Waals surface area contributed by atoms with Crippen molar-refractivity contribution in [3.05, 3.63) is 45.3 Å². The lowest BCUT2D eigenvalue weighted by Crippen LogP contribution is -2.06. The minimum absolute atomic E-state index is 0.564. The van der Waals surface area contributed by atoms with E-state index < -0.39 is 0 Å². The number of hydrogen-bond donors (Lipinski definition) is 0. The van der Waals surface area contributed by atoms with Crippen LogP contribution in [-0.4, -0.2) is 9.78 Å². The van der Waals surface area contributed by atoms with Gasteiger partial charge in [0.1, 0.15) is 12.4 Å². The van der Waals surface area contributed by atoms with Gasteiger partial charge in [0.2, 0.25) is 0 Å². The molecule has 0 atom stereocenters. The first kappa shape index (κ1) is 12.4. The van der Waals surface area contributed by atoms with Crippen LogP contribution in [-0.2, 0) is 13.2 Å². The summed E-state index contributed by atoms with van der Waals surface area (Å²) >= 11 is 2.28. The molecular weight excluding hydrogens is 327 g/mol. The fourth-order valence-electron chi connectivity index (χ4n) is 1.70. The molecule has 0 bridgehead atoms. The van der Waals surface area contributed by atoms with Crippen molar-refractivity contribution < 1.29 is 4.74 Å². The molecule has 0 amide bonds. The number of rotatable bonds is 4. The van der Waals surface area contributed by atoms with Gasteiger partial charge < -0.3 is 4.74 Å². The third-order valence-electron chi connectivity index (χ3n) is 2.47. The average Bonchev–Trinajstić information content (AvgIpc) is 2.67. The Morgan fingerprint density at radius 1 is 1.35 bits per heavy atom. The molecule has 2 rings (SSSR count). The van der Waals surface area contributed by atoms with Crippen molar-refractivity contribution in [2.24, 2.45) is 0 Å². The molecule has 4 heteroatoms. The van der Waals surface area contributed by atoms with Gasteiger partial charge in [0, 0.05) is 10.1 Å². The van der Waals surface area contributed by atoms with E-state index >= 15 is 0 Å². The minimum atomic E-state index is 0.564. The van der Waals surface area contributed by atoms with E-state index in [0.717, 1.165) is 23.7 Å². The Morgan fingerprint density at radius 2 is 2.18 bits per heavy atom. The van der Waals surface area contributed by atoms with Crippen molar-refractivity contribution in [2.75, 3.05) is 0 Å². The highest BCUT2D eigenvalue weighted by molar-refractivity contribution is 14.1. The third kappa shape index (κ3) is 3.21. The van der Waals surface area contributed by atoms with E-state index in [4.69, 9.17) is 4.74 Å². The number of aryl methyl sites for hydroxylation is 2. The zero-order valence-electron chi connectivity index (χ0n) is 9.98. The molecule has 0 saturated heterocycles. The fourth-order valence-corrected chi connectivity index (χ4v) is 2.22. The van der Waals surface area contributed by atoms with Crippen LogP contribution >= 0.6 is 22.6 Å². The van der Waals surface area contributed by atoms with E-state index in [1.165, 1.54) is 3.57 Å². The first-order valence-electron chi connectivity index (χ1n) is 5.60. The van der Waals surface area contributed by atoms with E-state index in [-0.39, 0.29) is 0 Å². The predicted molar refractivity (Wildman–Crippen MR) is 76.1 cm³/mol. The summed E-state index contributed by atoms with van der Waals surface area (Å²) in [6.07, 6.45) is 0. The standard InChI is InChI=1S/C13H15IN2O/c1-3-16-12(7-10(2)15-16)9-17-13-6-4-5-11(14)8-13/h4-8H,3,9H2,1-2H3. The molecule has 1 aromatic carbocycles. The predicted octanol–water partition coefficient (Wildman–Crippen LogP) is 3.40. The van der Waals surface area contributed by atoms with Gasteiger partial charge in [0.25, 0.3) is 0 Å². The molecule has 1 heterocycles. The summed E-state index contributed by atoms with van der Waals surface area (Å²) in [5.41, 5.74) is 2.15. The first-order chi connectivity index (χ1) is 8.19. The molecule has 0 aliphatic carbocycles. The lowest BCUT2D eigenvalue weighted by atomic mass is 10.3. The van der Waals surface area contributed by atoms with Crippen molar-refractivity contribution in [3.63, 3.8) is 0 Å². The molecule has 0 unspecified atom stereocenters. The summed E-state index contributed by atoms with van der Waals surface area (Å²) in [6, 6.07) is 10.1. The SMILES string of the molecule is CCn1nc(C)cc1COc1cccc(I)c1. The Morgan fingerprint density at radius 3 is 2.88 bits per heavy atom. The van der Waals surface area contributed by atoms with E-state index in [9.17, 15) is 0 Å². The van der Waals surface area contributed by atoms with Gasteiger partial charge in [0.05, 0.1) is 11.4 Å². The number of aromatic nitrogens is 2. The number of benzene rings is 1. The second-order valence-electron chi connectivity index (χ2n) is 3.84. The van der Waals surface area contributed by atoms with Gasteiger partial charge in [-0.3, -0.25) is 4.68 Å². The number of hydrogen-bond acceptors (Lipinski definition) is 2. The van der Waals surface area contributed by atoms with E-state index in [1.54, 1.807) is 0 Å². The first-order valence-corrected chi connectivity index (χ1v) is 6.68. The molecular formula is C13H15IN2O. The van der Waals surface area contributed by atoms with Crippen LogP contribution in [0.4, 0.5) is 0 Å². The van der Waals surface area contributed by atoms with Crippen molar-refractivity contribution in [2.45, 2.75) is 27.0 Å². The Kier molecular flexibility index (Phi) is 4.04. The Labute approximate surface area is 115 Å². The maximum Gasteiger partial charge on any atom is 0.130 e. The molecule has 90 valence electrons. The molecule has 0 N–H and O–H groups in total. The van der Waals surface area contributed by atoms with Crippen LogP contribution in [0.1, 0.15) is 18.3 Å². The van der Waals surface area contributed by atoms with Gasteiger partial charge in [-0.25, -0.2) is 0 Å². The Balaban J connectivity index is 2.06. The lowest BCUT2D eigenvalue weighted by Gasteiger charge is -2.07. The topological polar surface area (TPSA) is 27.1 Å². The summed E-state index contributed by atoms with van der Waals surface area (Å²) in [5.74, 6) is 0.901. The van der Waals surface area contributed by atoms with Gasteiger partial charge in [0.15, 0.2) is 0 Å². The van der Waals surface area contributed by atoms with Crippen LogP contribution in [0.15, 0.2) is 30.3 Å². The summed E-state index contributed by atoms with van der Waals surface area (Å²) in [7, 11) is 0. The number of ether oxygens (including phenoxy) is 1. The Hall–Kier alpha value is -1.04. The number of nitrogens with zero attached hydrogens (tertiary/aromatic N) is 2. The van der Waals surface area contributed by atoms with Gasteiger partial charge >= 0.3 is 0 Å². The molecule has 0 radical (unpaired) electrons. The zero-order valence-corrected chi connectivity index (χ0v) is 12.1. The van der Waals surface area contributed by atoms with Crippen molar-refractivity contribution >= 4 is 22.6 Å². The van der Waals surface area contributed by atoms with Crippen LogP contribution in [0.25, 0.3) is 0 Å². The molecule has 2 aromatic rings. The normalized spacial score (nSPS) is 10.5. The van der Waals surface area contributed by atoms with Gasteiger partial charge in [-0.2, -0.15) is 5.10 Å². The van der Waals surface area contributed by atoms with Gasteiger partial charge in [-0.1, -0.05) is 6.07 Å². The van der Waals surface area contributed by atoms with Gasteiger partial charge in [-0.15, -0.1) is 0 Å². The zero-order chi connectivity index (χ0) is 12.3. The molecule has 0 fully saturated rings. The van der Waals surface area contributed by atoms with Gasteiger partial charge in [-0.05, 0) is 60.7 Å². The van der Waals surface area contributed by atoms with Crippen LogP contribution < -0.4 is 4.74 Å². The fraction of sp³-hybridized carbons (Fsp3) is 0.308. The molecule has 1 aromatic heterocycles.